The van der Waals surface area contributed by atoms with Crippen molar-refractivity contribution in [2.75, 3.05) is 31.9 Å². The van der Waals surface area contributed by atoms with Gasteiger partial charge in [-0.2, -0.15) is 4.31 Å². The summed E-state index contributed by atoms with van der Waals surface area (Å²) < 4.78 is 28.8. The number of nitrogens with two attached hydrogens (primary N) is 1. The number of nitrogens with zero attached hydrogens (tertiary/aromatic N) is 4. The van der Waals surface area contributed by atoms with Crippen LogP contribution in [0.4, 0.5) is 5.82 Å². The fourth-order valence-corrected chi connectivity index (χ4v) is 7.75. The Hall–Kier alpha value is -2.07. The van der Waals surface area contributed by atoms with Crippen molar-refractivity contribution in [1.29, 1.82) is 0 Å². The van der Waals surface area contributed by atoms with Gasteiger partial charge in [0.1, 0.15) is 16.5 Å². The highest BCUT2D eigenvalue weighted by molar-refractivity contribution is 7.89. The summed E-state index contributed by atoms with van der Waals surface area (Å²) >= 11 is 1.64. The minimum Gasteiger partial charge on any atom is -0.383 e. The highest BCUT2D eigenvalue weighted by Gasteiger charge is 2.32. The summed E-state index contributed by atoms with van der Waals surface area (Å²) in [5.41, 5.74) is 12.4. The first kappa shape index (κ1) is 24.1. The second kappa shape index (κ2) is 8.61. The van der Waals surface area contributed by atoms with Crippen LogP contribution in [0.15, 0.2) is 4.90 Å². The Bertz CT molecular complexity index is 1320. The third kappa shape index (κ3) is 4.05. The van der Waals surface area contributed by atoms with Crippen LogP contribution in [0.2, 0.25) is 0 Å². The first-order chi connectivity index (χ1) is 15.4. The van der Waals surface area contributed by atoms with Crippen molar-refractivity contribution in [3.05, 3.63) is 44.1 Å². The molecule has 0 unspecified atom stereocenters. The van der Waals surface area contributed by atoms with E-state index in [0.717, 1.165) is 38.0 Å². The number of hydrogen-bond acceptors (Lipinski definition) is 7. The van der Waals surface area contributed by atoms with Gasteiger partial charge in [-0.15, -0.1) is 11.3 Å². The molecule has 0 bridgehead atoms. The van der Waals surface area contributed by atoms with E-state index < -0.39 is 10.0 Å². The molecule has 4 rings (SSSR count). The second-order valence-electron chi connectivity index (χ2n) is 9.12. The molecule has 0 radical (unpaired) electrons. The summed E-state index contributed by atoms with van der Waals surface area (Å²) in [7, 11) is -3.56. The molecule has 178 valence electrons. The van der Waals surface area contributed by atoms with Crippen LogP contribution in [0.5, 0.6) is 0 Å². The summed E-state index contributed by atoms with van der Waals surface area (Å²) in [5, 5.41) is 0.951. The predicted octanol–water partition coefficient (Wildman–Crippen LogP) is 3.94. The standard InChI is InChI=1S/C24H33N5O2S2/c1-13-14(2)16(4)22(17(5)15(13)3)33(30,31)29-10-8-28(9-11-29)12-20-26-23(25)21-18(6)19(7)32-24(21)27-20/h8-12H2,1-7H3,(H2,25,26,27). The van der Waals surface area contributed by atoms with Gasteiger partial charge in [0.25, 0.3) is 0 Å². The number of nitrogen functional groups attached to an aromatic ring is 1. The van der Waals surface area contributed by atoms with E-state index in [4.69, 9.17) is 10.7 Å². The molecule has 1 aromatic carbocycles. The van der Waals surface area contributed by atoms with E-state index in [1.807, 2.05) is 34.6 Å². The molecular weight excluding hydrogens is 454 g/mol. The Kier molecular flexibility index (Phi) is 6.28. The highest BCUT2D eigenvalue weighted by atomic mass is 32.2. The van der Waals surface area contributed by atoms with Crippen LogP contribution in [0.3, 0.4) is 0 Å². The lowest BCUT2D eigenvalue weighted by Crippen LogP contribution is -2.48. The number of piperazine rings is 1. The van der Waals surface area contributed by atoms with Crippen molar-refractivity contribution >= 4 is 37.4 Å². The molecule has 1 saturated heterocycles. The number of rotatable bonds is 4. The quantitative estimate of drug-likeness (QED) is 0.599. The van der Waals surface area contributed by atoms with E-state index in [1.165, 1.54) is 10.4 Å². The van der Waals surface area contributed by atoms with Gasteiger partial charge in [0.15, 0.2) is 0 Å². The van der Waals surface area contributed by atoms with E-state index in [0.29, 0.717) is 49.3 Å². The molecule has 9 heteroatoms. The molecule has 2 N–H and O–H groups in total. The average molecular weight is 488 g/mol. The van der Waals surface area contributed by atoms with Crippen molar-refractivity contribution in [1.82, 2.24) is 19.2 Å². The average Bonchev–Trinajstić information content (AvgIpc) is 3.05. The van der Waals surface area contributed by atoms with E-state index in [1.54, 1.807) is 15.6 Å². The maximum absolute atomic E-state index is 13.6. The van der Waals surface area contributed by atoms with Crippen molar-refractivity contribution < 1.29 is 8.42 Å². The van der Waals surface area contributed by atoms with Crippen molar-refractivity contribution in [3.8, 4) is 0 Å². The molecule has 1 aliphatic heterocycles. The van der Waals surface area contributed by atoms with Gasteiger partial charge < -0.3 is 5.73 Å². The van der Waals surface area contributed by atoms with Crippen LogP contribution in [-0.2, 0) is 16.6 Å². The fraction of sp³-hybridized carbons (Fsp3) is 0.500. The molecule has 3 aromatic rings. The Morgan fingerprint density at radius 1 is 0.818 bits per heavy atom. The summed E-state index contributed by atoms with van der Waals surface area (Å²) in [6.07, 6.45) is 0. The highest BCUT2D eigenvalue weighted by Crippen LogP contribution is 2.33. The lowest BCUT2D eigenvalue weighted by atomic mass is 9.95. The smallest absolute Gasteiger partial charge is 0.243 e. The maximum atomic E-state index is 13.6. The Morgan fingerprint density at radius 2 is 1.36 bits per heavy atom. The molecule has 33 heavy (non-hydrogen) atoms. The number of sulfonamides is 1. The molecule has 0 spiro atoms. The second-order valence-corrected chi connectivity index (χ2v) is 12.2. The number of hydrogen-bond donors (Lipinski definition) is 1. The molecule has 0 amide bonds. The van der Waals surface area contributed by atoms with Gasteiger partial charge in [-0.25, -0.2) is 18.4 Å². The molecule has 0 atom stereocenters. The third-order valence-corrected chi connectivity index (χ3v) is 10.6. The van der Waals surface area contributed by atoms with Gasteiger partial charge in [0.2, 0.25) is 10.0 Å². The summed E-state index contributed by atoms with van der Waals surface area (Å²) in [4.78, 5) is 14.1. The SMILES string of the molecule is Cc1sc2nc(CN3CCN(S(=O)(=O)c4c(C)c(C)c(C)c(C)c4C)CC3)nc(N)c2c1C. The van der Waals surface area contributed by atoms with E-state index in [2.05, 4.69) is 23.7 Å². The van der Waals surface area contributed by atoms with Crippen LogP contribution < -0.4 is 5.73 Å². The third-order valence-electron chi connectivity index (χ3n) is 7.33. The number of aryl methyl sites for hydroxylation is 2. The lowest BCUT2D eigenvalue weighted by Gasteiger charge is -2.34. The molecule has 0 aliphatic carbocycles. The molecule has 3 heterocycles. The maximum Gasteiger partial charge on any atom is 0.243 e. The first-order valence-corrected chi connectivity index (χ1v) is 13.5. The number of anilines is 1. The first-order valence-electron chi connectivity index (χ1n) is 11.2. The zero-order valence-corrected chi connectivity index (χ0v) is 22.2. The van der Waals surface area contributed by atoms with Gasteiger partial charge in [-0.05, 0) is 81.8 Å². The van der Waals surface area contributed by atoms with Crippen LogP contribution in [0.25, 0.3) is 10.2 Å². The molecule has 1 fully saturated rings. The van der Waals surface area contributed by atoms with Gasteiger partial charge in [-0.1, -0.05) is 0 Å². The number of aromatic nitrogens is 2. The molecule has 2 aromatic heterocycles. The predicted molar refractivity (Wildman–Crippen MR) is 135 cm³/mol. The van der Waals surface area contributed by atoms with E-state index in [-0.39, 0.29) is 0 Å². The number of fused-ring (bicyclic) bond motifs is 1. The van der Waals surface area contributed by atoms with E-state index >= 15 is 0 Å². The van der Waals surface area contributed by atoms with Crippen LogP contribution in [0, 0.1) is 48.5 Å². The molecular formula is C24H33N5O2S2. The Balaban J connectivity index is 1.52. The Labute approximate surface area is 200 Å². The van der Waals surface area contributed by atoms with Crippen molar-refractivity contribution in [2.45, 2.75) is 59.9 Å². The van der Waals surface area contributed by atoms with Gasteiger partial charge in [0, 0.05) is 31.1 Å². The van der Waals surface area contributed by atoms with E-state index in [9.17, 15) is 8.42 Å². The topological polar surface area (TPSA) is 92.4 Å². The number of benzene rings is 1. The molecule has 7 nitrogen and oxygen atoms in total. The van der Waals surface area contributed by atoms with Crippen LogP contribution in [-0.4, -0.2) is 53.8 Å². The van der Waals surface area contributed by atoms with Crippen molar-refractivity contribution in [3.63, 3.8) is 0 Å². The van der Waals surface area contributed by atoms with Crippen LogP contribution in [0.1, 0.15) is 44.1 Å². The van der Waals surface area contributed by atoms with Gasteiger partial charge in [-0.3, -0.25) is 4.90 Å². The fourth-order valence-electron chi connectivity index (χ4n) is 4.71. The van der Waals surface area contributed by atoms with Gasteiger partial charge >= 0.3 is 0 Å². The molecule has 1 aliphatic rings. The minimum atomic E-state index is -3.56. The summed E-state index contributed by atoms with van der Waals surface area (Å²) in [6.45, 7) is 16.7. The van der Waals surface area contributed by atoms with Crippen molar-refractivity contribution in [2.24, 2.45) is 0 Å². The normalized spacial score (nSPS) is 16.1. The minimum absolute atomic E-state index is 0.447. The largest absolute Gasteiger partial charge is 0.383 e. The Morgan fingerprint density at radius 3 is 1.94 bits per heavy atom. The lowest BCUT2D eigenvalue weighted by molar-refractivity contribution is 0.178. The number of thiophene rings is 1. The monoisotopic (exact) mass is 487 g/mol. The summed E-state index contributed by atoms with van der Waals surface area (Å²) in [5.74, 6) is 1.21. The summed E-state index contributed by atoms with van der Waals surface area (Å²) in [6, 6.07) is 0. The zero-order valence-electron chi connectivity index (χ0n) is 20.5. The zero-order chi connectivity index (χ0) is 24.2. The van der Waals surface area contributed by atoms with Crippen LogP contribution >= 0.6 is 11.3 Å². The molecule has 0 saturated carbocycles. The van der Waals surface area contributed by atoms with Gasteiger partial charge in [0.05, 0.1) is 16.8 Å².